The fourth-order valence-electron chi connectivity index (χ4n) is 1.96. The predicted octanol–water partition coefficient (Wildman–Crippen LogP) is 3.90. The molecule has 2 nitrogen and oxygen atoms in total. The van der Waals surface area contributed by atoms with Gasteiger partial charge in [0, 0.05) is 12.0 Å². The third kappa shape index (κ3) is 2.71. The Morgan fingerprint density at radius 3 is 2.61 bits per heavy atom. The molecule has 0 atom stereocenters. The predicted molar refractivity (Wildman–Crippen MR) is 76.0 cm³/mol. The highest BCUT2D eigenvalue weighted by Gasteiger charge is 2.03. The number of rotatable bonds is 6. The zero-order chi connectivity index (χ0) is 12.8. The largest absolute Gasteiger partial charge is 0.491 e. The second-order valence-electron chi connectivity index (χ2n) is 3.95. The van der Waals surface area contributed by atoms with Gasteiger partial charge in [-0.25, -0.2) is 0 Å². The molecule has 2 aromatic carbocycles. The van der Waals surface area contributed by atoms with Gasteiger partial charge in [-0.05, 0) is 23.9 Å². The van der Waals surface area contributed by atoms with Gasteiger partial charge in [0.25, 0.3) is 0 Å². The Morgan fingerprint density at radius 1 is 1.06 bits per heavy atom. The molecule has 18 heavy (non-hydrogen) atoms. The quantitative estimate of drug-likeness (QED) is 0.715. The number of hydrogen-bond donors (Lipinski definition) is 0. The molecule has 0 saturated heterocycles. The first kappa shape index (κ1) is 12.7. The van der Waals surface area contributed by atoms with E-state index in [-0.39, 0.29) is 0 Å². The number of hydrogen-bond acceptors (Lipinski definition) is 2. The molecule has 0 bridgehead atoms. The van der Waals surface area contributed by atoms with Gasteiger partial charge in [0.05, 0.1) is 6.61 Å². The van der Waals surface area contributed by atoms with E-state index < -0.39 is 0 Å². The molecule has 2 aromatic rings. The Bertz CT molecular complexity index is 532. The van der Waals surface area contributed by atoms with E-state index in [4.69, 9.17) is 9.47 Å². The van der Waals surface area contributed by atoms with Crippen LogP contribution in [0.3, 0.4) is 0 Å². The van der Waals surface area contributed by atoms with Crippen LogP contribution in [-0.2, 0) is 4.74 Å². The van der Waals surface area contributed by atoms with Crippen LogP contribution in [0.15, 0.2) is 43.0 Å². The maximum atomic E-state index is 5.76. The summed E-state index contributed by atoms with van der Waals surface area (Å²) < 4.78 is 11.0. The lowest BCUT2D eigenvalue weighted by molar-refractivity contribution is 0.111. The molecule has 0 aromatic heterocycles. The summed E-state index contributed by atoms with van der Waals surface area (Å²) in [5, 5.41) is 2.29. The van der Waals surface area contributed by atoms with Crippen molar-refractivity contribution in [3.05, 3.63) is 48.5 Å². The molecule has 0 N–H and O–H groups in total. The molecule has 2 rings (SSSR count). The molecule has 94 valence electrons. The first-order chi connectivity index (χ1) is 8.86. The first-order valence-electron chi connectivity index (χ1n) is 6.21. The fraction of sp³-hybridized carbons (Fsp3) is 0.250. The molecular weight excluding hydrogens is 224 g/mol. The Labute approximate surface area is 108 Å². The lowest BCUT2D eigenvalue weighted by Gasteiger charge is -2.10. The van der Waals surface area contributed by atoms with Crippen molar-refractivity contribution in [1.82, 2.24) is 0 Å². The van der Waals surface area contributed by atoms with Gasteiger partial charge >= 0.3 is 0 Å². The van der Waals surface area contributed by atoms with E-state index in [0.717, 1.165) is 23.3 Å². The Hall–Kier alpha value is -1.80. The van der Waals surface area contributed by atoms with Crippen LogP contribution in [0.5, 0.6) is 5.75 Å². The normalized spacial score (nSPS) is 10.5. The lowest BCUT2D eigenvalue weighted by atomic mass is 10.0. The second-order valence-corrected chi connectivity index (χ2v) is 3.95. The third-order valence-corrected chi connectivity index (χ3v) is 2.83. The summed E-state index contributed by atoms with van der Waals surface area (Å²) in [5.74, 6) is 0.899. The van der Waals surface area contributed by atoms with Crippen LogP contribution in [0.2, 0.25) is 0 Å². The molecule has 0 saturated carbocycles. The maximum absolute atomic E-state index is 5.76. The van der Waals surface area contributed by atoms with Crippen LogP contribution in [-0.4, -0.2) is 19.8 Å². The zero-order valence-electron chi connectivity index (χ0n) is 10.7. The van der Waals surface area contributed by atoms with E-state index >= 15 is 0 Å². The van der Waals surface area contributed by atoms with Gasteiger partial charge in [-0.3, -0.25) is 0 Å². The van der Waals surface area contributed by atoms with Crippen molar-refractivity contribution in [2.45, 2.75) is 6.92 Å². The van der Waals surface area contributed by atoms with Crippen LogP contribution in [0.4, 0.5) is 0 Å². The van der Waals surface area contributed by atoms with E-state index in [1.54, 1.807) is 0 Å². The molecule has 0 unspecified atom stereocenters. The minimum Gasteiger partial charge on any atom is -0.491 e. The van der Waals surface area contributed by atoms with Gasteiger partial charge in [-0.15, -0.1) is 0 Å². The van der Waals surface area contributed by atoms with Crippen molar-refractivity contribution < 1.29 is 9.47 Å². The van der Waals surface area contributed by atoms with Gasteiger partial charge in [0.1, 0.15) is 12.4 Å². The van der Waals surface area contributed by atoms with Crippen molar-refractivity contribution in [3.63, 3.8) is 0 Å². The fourth-order valence-corrected chi connectivity index (χ4v) is 1.96. The highest BCUT2D eigenvalue weighted by Crippen LogP contribution is 2.28. The van der Waals surface area contributed by atoms with Gasteiger partial charge in [0.2, 0.25) is 0 Å². The highest BCUT2D eigenvalue weighted by molar-refractivity contribution is 5.94. The molecule has 0 aliphatic heterocycles. The minimum absolute atomic E-state index is 0.575. The third-order valence-electron chi connectivity index (χ3n) is 2.83. The van der Waals surface area contributed by atoms with E-state index in [0.29, 0.717) is 13.2 Å². The number of fused-ring (bicyclic) bond motifs is 1. The second kappa shape index (κ2) is 6.22. The van der Waals surface area contributed by atoms with Crippen LogP contribution < -0.4 is 4.74 Å². The summed E-state index contributed by atoms with van der Waals surface area (Å²) in [6.07, 6.45) is 1.87. The Morgan fingerprint density at radius 2 is 1.83 bits per heavy atom. The zero-order valence-corrected chi connectivity index (χ0v) is 10.7. The van der Waals surface area contributed by atoms with E-state index in [9.17, 15) is 0 Å². The number of ether oxygens (including phenoxy) is 2. The van der Waals surface area contributed by atoms with Crippen molar-refractivity contribution in [2.75, 3.05) is 19.8 Å². The summed E-state index contributed by atoms with van der Waals surface area (Å²) in [6.45, 7) is 7.73. The summed E-state index contributed by atoms with van der Waals surface area (Å²) in [5.41, 5.74) is 1.13. The van der Waals surface area contributed by atoms with Crippen molar-refractivity contribution in [2.24, 2.45) is 0 Å². The molecule has 0 amide bonds. The van der Waals surface area contributed by atoms with Crippen molar-refractivity contribution in [1.29, 1.82) is 0 Å². The van der Waals surface area contributed by atoms with E-state index in [2.05, 4.69) is 24.8 Å². The molecule has 0 heterocycles. The van der Waals surface area contributed by atoms with Gasteiger partial charge < -0.3 is 9.47 Å². The molecule has 0 aliphatic carbocycles. The molecule has 0 radical (unpaired) electrons. The van der Waals surface area contributed by atoms with Crippen LogP contribution >= 0.6 is 0 Å². The molecule has 0 aliphatic rings. The van der Waals surface area contributed by atoms with Crippen LogP contribution in [0, 0.1) is 0 Å². The molecule has 2 heteroatoms. The van der Waals surface area contributed by atoms with Gasteiger partial charge in [0.15, 0.2) is 0 Å². The molecule has 0 spiro atoms. The average molecular weight is 242 g/mol. The maximum Gasteiger partial charge on any atom is 0.127 e. The number of benzene rings is 2. The minimum atomic E-state index is 0.575. The topological polar surface area (TPSA) is 18.5 Å². The summed E-state index contributed by atoms with van der Waals surface area (Å²) in [6, 6.07) is 12.2. The van der Waals surface area contributed by atoms with Gasteiger partial charge in [-0.2, -0.15) is 0 Å². The molecular formula is C16H18O2. The Kier molecular flexibility index (Phi) is 4.37. The SMILES string of the molecule is C=Cc1cccc2c(OCCOCC)cccc12. The summed E-state index contributed by atoms with van der Waals surface area (Å²) >= 11 is 0. The van der Waals surface area contributed by atoms with Crippen LogP contribution in [0.25, 0.3) is 16.8 Å². The Balaban J connectivity index is 2.25. The van der Waals surface area contributed by atoms with Crippen molar-refractivity contribution >= 4 is 16.8 Å². The van der Waals surface area contributed by atoms with Crippen LogP contribution in [0.1, 0.15) is 12.5 Å². The van der Waals surface area contributed by atoms with Crippen molar-refractivity contribution in [3.8, 4) is 5.75 Å². The monoisotopic (exact) mass is 242 g/mol. The smallest absolute Gasteiger partial charge is 0.127 e. The highest BCUT2D eigenvalue weighted by atomic mass is 16.5. The van der Waals surface area contributed by atoms with Gasteiger partial charge in [-0.1, -0.05) is 43.0 Å². The standard InChI is InChI=1S/C16H18O2/c1-3-13-7-5-9-15-14(13)8-6-10-16(15)18-12-11-17-4-2/h3,5-10H,1,4,11-12H2,2H3. The summed E-state index contributed by atoms with van der Waals surface area (Å²) in [4.78, 5) is 0. The van der Waals surface area contributed by atoms with E-state index in [1.807, 2.05) is 31.2 Å². The average Bonchev–Trinajstić information content (AvgIpc) is 2.43. The summed E-state index contributed by atoms with van der Waals surface area (Å²) in [7, 11) is 0. The van der Waals surface area contributed by atoms with E-state index in [1.165, 1.54) is 5.39 Å². The lowest BCUT2D eigenvalue weighted by Crippen LogP contribution is -2.06. The molecule has 0 fully saturated rings. The first-order valence-corrected chi connectivity index (χ1v) is 6.21.